The van der Waals surface area contributed by atoms with Crippen molar-refractivity contribution in [2.75, 3.05) is 32.2 Å². The number of rotatable bonds is 3. The Hall–Kier alpha value is -1.35. The summed E-state index contributed by atoms with van der Waals surface area (Å²) < 4.78 is 5.29. The van der Waals surface area contributed by atoms with Gasteiger partial charge in [0.25, 0.3) is 0 Å². The lowest BCUT2D eigenvalue weighted by molar-refractivity contribution is 0.0545. The molecule has 3 nitrogen and oxygen atoms in total. The predicted octanol–water partition coefficient (Wildman–Crippen LogP) is 2.36. The first-order valence-electron chi connectivity index (χ1n) is 6.08. The van der Waals surface area contributed by atoms with Gasteiger partial charge in [-0.2, -0.15) is 0 Å². The van der Waals surface area contributed by atoms with Crippen molar-refractivity contribution in [1.82, 2.24) is 0 Å². The fourth-order valence-corrected chi connectivity index (χ4v) is 2.13. The minimum Gasteiger partial charge on any atom is -0.381 e. The minimum absolute atomic E-state index is 0.140. The van der Waals surface area contributed by atoms with Crippen molar-refractivity contribution in [2.45, 2.75) is 12.8 Å². The van der Waals surface area contributed by atoms with Crippen LogP contribution >= 0.6 is 0 Å². The van der Waals surface area contributed by atoms with Crippen LogP contribution in [0.15, 0.2) is 24.3 Å². The molecule has 2 rings (SSSR count). The molecule has 3 heteroatoms. The van der Waals surface area contributed by atoms with Crippen molar-refractivity contribution in [2.24, 2.45) is 5.92 Å². The molecule has 1 saturated heterocycles. The van der Waals surface area contributed by atoms with E-state index in [4.69, 9.17) is 4.74 Å². The van der Waals surface area contributed by atoms with Crippen LogP contribution < -0.4 is 4.90 Å². The lowest BCUT2D eigenvalue weighted by atomic mass is 9.91. The number of Topliss-reactive ketones (excluding diaryl/α,β-unsaturated/α-hetero) is 1. The number of carbonyl (C=O) groups excluding carboxylic acids is 1. The fourth-order valence-electron chi connectivity index (χ4n) is 2.13. The van der Waals surface area contributed by atoms with Crippen molar-refractivity contribution >= 4 is 11.5 Å². The molecule has 0 atom stereocenters. The molecule has 0 radical (unpaired) electrons. The Morgan fingerprint density at radius 2 is 2.00 bits per heavy atom. The van der Waals surface area contributed by atoms with Gasteiger partial charge in [-0.1, -0.05) is 12.1 Å². The van der Waals surface area contributed by atoms with Crippen molar-refractivity contribution < 1.29 is 9.53 Å². The second kappa shape index (κ2) is 5.32. The van der Waals surface area contributed by atoms with Gasteiger partial charge >= 0.3 is 0 Å². The highest BCUT2D eigenvalue weighted by Gasteiger charge is 2.22. The molecule has 1 heterocycles. The number of ketones is 1. The summed E-state index contributed by atoms with van der Waals surface area (Å²) in [6, 6.07) is 7.84. The smallest absolute Gasteiger partial charge is 0.166 e. The molecule has 1 aliphatic rings. The van der Waals surface area contributed by atoms with Crippen molar-refractivity contribution in [3.8, 4) is 0 Å². The Kier molecular flexibility index (Phi) is 3.79. The third kappa shape index (κ3) is 2.86. The number of hydrogen-bond acceptors (Lipinski definition) is 3. The molecule has 92 valence electrons. The molecule has 1 fully saturated rings. The van der Waals surface area contributed by atoms with Crippen molar-refractivity contribution in [1.29, 1.82) is 0 Å². The van der Waals surface area contributed by atoms with Gasteiger partial charge in [-0.15, -0.1) is 0 Å². The Morgan fingerprint density at radius 3 is 2.65 bits per heavy atom. The van der Waals surface area contributed by atoms with Crippen LogP contribution in [0.3, 0.4) is 0 Å². The summed E-state index contributed by atoms with van der Waals surface area (Å²) in [5, 5.41) is 0. The molecule has 0 aliphatic carbocycles. The molecule has 17 heavy (non-hydrogen) atoms. The van der Waals surface area contributed by atoms with E-state index in [1.807, 2.05) is 43.3 Å². The first-order chi connectivity index (χ1) is 8.18. The highest BCUT2D eigenvalue weighted by Crippen LogP contribution is 2.22. The van der Waals surface area contributed by atoms with Crippen LogP contribution in [0.2, 0.25) is 0 Å². The maximum atomic E-state index is 12.3. The second-order valence-corrected chi connectivity index (χ2v) is 4.70. The van der Waals surface area contributed by atoms with Crippen LogP contribution in [-0.2, 0) is 4.74 Å². The van der Waals surface area contributed by atoms with Gasteiger partial charge in [-0.05, 0) is 25.0 Å². The lowest BCUT2D eigenvalue weighted by Gasteiger charge is -2.21. The Morgan fingerprint density at radius 1 is 1.29 bits per heavy atom. The molecule has 0 bridgehead atoms. The highest BCUT2D eigenvalue weighted by molar-refractivity contribution is 5.98. The minimum atomic E-state index is 0.140. The van der Waals surface area contributed by atoms with Crippen LogP contribution in [0.25, 0.3) is 0 Å². The summed E-state index contributed by atoms with van der Waals surface area (Å²) in [7, 11) is 3.97. The molecule has 0 aromatic heterocycles. The van der Waals surface area contributed by atoms with Crippen LogP contribution in [0.4, 0.5) is 5.69 Å². The number of benzene rings is 1. The molecule has 1 aromatic rings. The zero-order valence-electron chi connectivity index (χ0n) is 10.5. The van der Waals surface area contributed by atoms with Gasteiger partial charge in [-0.3, -0.25) is 4.79 Å². The fraction of sp³-hybridized carbons (Fsp3) is 0.500. The molecular weight excluding hydrogens is 214 g/mol. The third-order valence-electron chi connectivity index (χ3n) is 3.24. The van der Waals surface area contributed by atoms with Crippen LogP contribution in [0.1, 0.15) is 23.2 Å². The van der Waals surface area contributed by atoms with Gasteiger partial charge in [0.1, 0.15) is 0 Å². The molecule has 0 amide bonds. The Bertz CT molecular complexity index is 395. The summed E-state index contributed by atoms with van der Waals surface area (Å²) in [5.41, 5.74) is 1.89. The third-order valence-corrected chi connectivity index (χ3v) is 3.24. The average Bonchev–Trinajstić information content (AvgIpc) is 2.39. The molecule has 0 N–H and O–H groups in total. The van der Waals surface area contributed by atoms with E-state index in [-0.39, 0.29) is 11.7 Å². The van der Waals surface area contributed by atoms with Crippen molar-refractivity contribution in [3.63, 3.8) is 0 Å². The van der Waals surface area contributed by atoms with Crippen LogP contribution in [0.5, 0.6) is 0 Å². The number of anilines is 1. The van der Waals surface area contributed by atoms with E-state index in [2.05, 4.69) is 0 Å². The van der Waals surface area contributed by atoms with E-state index < -0.39 is 0 Å². The van der Waals surface area contributed by atoms with Gasteiger partial charge in [0.15, 0.2) is 5.78 Å². The number of ether oxygens (including phenoxy) is 1. The molecule has 0 saturated carbocycles. The van der Waals surface area contributed by atoms with E-state index >= 15 is 0 Å². The quantitative estimate of drug-likeness (QED) is 0.751. The van der Waals surface area contributed by atoms with Crippen molar-refractivity contribution in [3.05, 3.63) is 29.8 Å². The number of carbonyl (C=O) groups is 1. The van der Waals surface area contributed by atoms with Gasteiger partial charge in [-0.25, -0.2) is 0 Å². The Labute approximate surface area is 102 Å². The van der Waals surface area contributed by atoms with Crippen LogP contribution in [0, 0.1) is 5.92 Å². The number of nitrogens with zero attached hydrogens (tertiary/aromatic N) is 1. The maximum Gasteiger partial charge on any atom is 0.166 e. The first kappa shape index (κ1) is 12.1. The largest absolute Gasteiger partial charge is 0.381 e. The average molecular weight is 233 g/mol. The van der Waals surface area contributed by atoms with E-state index in [0.717, 1.165) is 24.1 Å². The summed E-state index contributed by atoms with van der Waals surface area (Å²) in [5.74, 6) is 0.401. The molecule has 0 unspecified atom stereocenters. The monoisotopic (exact) mass is 233 g/mol. The lowest BCUT2D eigenvalue weighted by Crippen LogP contribution is -2.23. The van der Waals surface area contributed by atoms with Crippen LogP contribution in [-0.4, -0.2) is 33.1 Å². The van der Waals surface area contributed by atoms with E-state index in [0.29, 0.717) is 13.2 Å². The van der Waals surface area contributed by atoms with E-state index in [1.165, 1.54) is 0 Å². The summed E-state index contributed by atoms with van der Waals surface area (Å²) >= 11 is 0. The van der Waals surface area contributed by atoms with E-state index in [1.54, 1.807) is 0 Å². The second-order valence-electron chi connectivity index (χ2n) is 4.70. The zero-order chi connectivity index (χ0) is 12.3. The maximum absolute atomic E-state index is 12.3. The first-order valence-corrected chi connectivity index (χ1v) is 6.08. The normalized spacial score (nSPS) is 16.8. The zero-order valence-corrected chi connectivity index (χ0v) is 10.5. The predicted molar refractivity (Wildman–Crippen MR) is 68.6 cm³/mol. The van der Waals surface area contributed by atoms with Gasteiger partial charge < -0.3 is 9.64 Å². The molecule has 1 aromatic carbocycles. The summed E-state index contributed by atoms with van der Waals surface area (Å²) in [4.78, 5) is 14.3. The standard InChI is InChI=1S/C14H19NO2/c1-15(2)13-5-3-4-12(10-13)14(16)11-6-8-17-9-7-11/h3-5,10-11H,6-9H2,1-2H3. The van der Waals surface area contributed by atoms with E-state index in [9.17, 15) is 4.79 Å². The Balaban J connectivity index is 2.15. The molecular formula is C14H19NO2. The highest BCUT2D eigenvalue weighted by atomic mass is 16.5. The molecule has 1 aliphatic heterocycles. The topological polar surface area (TPSA) is 29.5 Å². The summed E-state index contributed by atoms with van der Waals surface area (Å²) in [6.45, 7) is 1.42. The SMILES string of the molecule is CN(C)c1cccc(C(=O)C2CCOCC2)c1. The summed E-state index contributed by atoms with van der Waals surface area (Å²) in [6.07, 6.45) is 1.70. The van der Waals surface area contributed by atoms with Gasteiger partial charge in [0.05, 0.1) is 0 Å². The van der Waals surface area contributed by atoms with Gasteiger partial charge in [0, 0.05) is 44.5 Å². The molecule has 0 spiro atoms. The van der Waals surface area contributed by atoms with Gasteiger partial charge in [0.2, 0.25) is 0 Å². The number of hydrogen-bond donors (Lipinski definition) is 0.